The molecule has 0 aromatic carbocycles. The summed E-state index contributed by atoms with van der Waals surface area (Å²) in [6.45, 7) is 7.66. The summed E-state index contributed by atoms with van der Waals surface area (Å²) in [7, 11) is 0. The first kappa shape index (κ1) is 65.1. The molecule has 5 heteroatoms. The van der Waals surface area contributed by atoms with Crippen LogP contribution in [0.15, 0.2) is 85.1 Å². The van der Waals surface area contributed by atoms with Gasteiger partial charge in [0, 0.05) is 19.4 Å². The zero-order valence-corrected chi connectivity index (χ0v) is 45.1. The smallest absolute Gasteiger partial charge is 0.306 e. The van der Waals surface area contributed by atoms with Crippen molar-refractivity contribution in [2.24, 2.45) is 0 Å². The fourth-order valence-electron chi connectivity index (χ4n) is 8.12. The predicted octanol–water partition coefficient (Wildman–Crippen LogP) is 20.0. The maximum Gasteiger partial charge on any atom is 0.306 e. The number of hydrogen-bond donors (Lipinski definition) is 0. The highest BCUT2D eigenvalue weighted by molar-refractivity contribution is 5.70. The molecule has 0 fully saturated rings. The van der Waals surface area contributed by atoms with E-state index in [4.69, 9.17) is 14.2 Å². The molecule has 0 amide bonds. The van der Waals surface area contributed by atoms with Crippen LogP contribution in [-0.4, -0.2) is 37.9 Å². The molecule has 0 aliphatic carbocycles. The van der Waals surface area contributed by atoms with Gasteiger partial charge in [0.25, 0.3) is 0 Å². The standard InChI is InChI=1S/C63H110O5/c1-4-7-10-13-16-19-22-25-28-31-32-34-36-39-42-45-48-51-54-57-63(65)68-61(59-66-58-55-52-49-46-43-40-37-30-27-24-21-18-15-12-9-6-3)60-67-62(64)56-53-50-47-44-41-38-35-33-29-26-23-20-17-14-11-8-5-2/h7,10,16,19,25-26,28-29,32,34,39,42,48,51,61H,4-6,8-9,11-15,17-18,20-24,27,30-31,33,35-38,40-41,43-47,49-50,52-60H2,1-3H3/b10-7-,19-16-,28-25-,29-26-,34-32-,42-39-,51-48-/t61-/m1/s1. The van der Waals surface area contributed by atoms with E-state index in [-0.39, 0.29) is 25.2 Å². The van der Waals surface area contributed by atoms with Gasteiger partial charge in [-0.3, -0.25) is 9.59 Å². The Balaban J connectivity index is 4.39. The Morgan fingerprint density at radius 3 is 1.12 bits per heavy atom. The second-order valence-corrected chi connectivity index (χ2v) is 19.2. The number of rotatable bonds is 53. The number of ether oxygens (including phenoxy) is 3. The fraction of sp³-hybridized carbons (Fsp3) is 0.746. The van der Waals surface area contributed by atoms with Crippen molar-refractivity contribution in [3.8, 4) is 0 Å². The van der Waals surface area contributed by atoms with E-state index in [1.165, 1.54) is 167 Å². The lowest BCUT2D eigenvalue weighted by molar-refractivity contribution is -0.162. The zero-order valence-electron chi connectivity index (χ0n) is 45.1. The molecule has 0 saturated carbocycles. The normalized spacial score (nSPS) is 12.8. The van der Waals surface area contributed by atoms with E-state index in [1.54, 1.807) is 0 Å². The van der Waals surface area contributed by atoms with Crippen molar-refractivity contribution in [3.63, 3.8) is 0 Å². The minimum absolute atomic E-state index is 0.0524. The van der Waals surface area contributed by atoms with Crippen LogP contribution in [0.4, 0.5) is 0 Å². The molecule has 0 saturated heterocycles. The number of allylic oxidation sites excluding steroid dienone is 14. The van der Waals surface area contributed by atoms with Crippen LogP contribution in [-0.2, 0) is 23.8 Å². The Bertz CT molecular complexity index is 1250. The third kappa shape index (κ3) is 55.7. The first-order valence-corrected chi connectivity index (χ1v) is 29.1. The molecule has 0 aliphatic heterocycles. The number of carbonyl (C=O) groups is 2. The molecule has 392 valence electrons. The van der Waals surface area contributed by atoms with E-state index in [2.05, 4.69) is 99.8 Å². The van der Waals surface area contributed by atoms with Gasteiger partial charge in [0.2, 0.25) is 0 Å². The van der Waals surface area contributed by atoms with Crippen molar-refractivity contribution < 1.29 is 23.8 Å². The molecular formula is C63H110O5. The van der Waals surface area contributed by atoms with Crippen molar-refractivity contribution in [1.29, 1.82) is 0 Å². The largest absolute Gasteiger partial charge is 0.462 e. The molecule has 0 aromatic heterocycles. The molecule has 0 rings (SSSR count). The third-order valence-electron chi connectivity index (χ3n) is 12.4. The first-order chi connectivity index (χ1) is 33.6. The van der Waals surface area contributed by atoms with Gasteiger partial charge in [-0.25, -0.2) is 0 Å². The van der Waals surface area contributed by atoms with Gasteiger partial charge in [-0.15, -0.1) is 0 Å². The summed E-state index contributed by atoms with van der Waals surface area (Å²) in [5, 5.41) is 0. The lowest BCUT2D eigenvalue weighted by Gasteiger charge is -2.18. The van der Waals surface area contributed by atoms with Crippen LogP contribution >= 0.6 is 0 Å². The maximum absolute atomic E-state index is 12.8. The van der Waals surface area contributed by atoms with E-state index in [1.807, 2.05) is 6.08 Å². The molecule has 0 aromatic rings. The molecule has 68 heavy (non-hydrogen) atoms. The molecule has 0 heterocycles. The average Bonchev–Trinajstić information content (AvgIpc) is 3.34. The van der Waals surface area contributed by atoms with Crippen LogP contribution in [0, 0.1) is 0 Å². The Kier molecular flexibility index (Phi) is 55.9. The highest BCUT2D eigenvalue weighted by atomic mass is 16.6. The van der Waals surface area contributed by atoms with Gasteiger partial charge < -0.3 is 14.2 Å². The molecular weight excluding hydrogens is 837 g/mol. The Hall–Kier alpha value is -2.92. The maximum atomic E-state index is 12.8. The first-order valence-electron chi connectivity index (χ1n) is 29.1. The number of carbonyl (C=O) groups excluding carboxylic acids is 2. The highest BCUT2D eigenvalue weighted by Crippen LogP contribution is 2.15. The van der Waals surface area contributed by atoms with E-state index in [0.29, 0.717) is 25.9 Å². The van der Waals surface area contributed by atoms with Gasteiger partial charge in [0.05, 0.1) is 6.61 Å². The number of esters is 2. The molecule has 0 bridgehead atoms. The Labute approximate surface area is 422 Å². The topological polar surface area (TPSA) is 61.8 Å². The van der Waals surface area contributed by atoms with Gasteiger partial charge >= 0.3 is 11.9 Å². The van der Waals surface area contributed by atoms with Crippen LogP contribution in [0.1, 0.15) is 278 Å². The molecule has 0 spiro atoms. The predicted molar refractivity (Wildman–Crippen MR) is 297 cm³/mol. The molecule has 5 nitrogen and oxygen atoms in total. The lowest BCUT2D eigenvalue weighted by Crippen LogP contribution is -2.30. The van der Waals surface area contributed by atoms with Crippen molar-refractivity contribution in [1.82, 2.24) is 0 Å². The summed E-state index contributed by atoms with van der Waals surface area (Å²) < 4.78 is 17.4. The number of unbranched alkanes of at least 4 members (excludes halogenated alkanes) is 28. The van der Waals surface area contributed by atoms with Gasteiger partial charge in [0.1, 0.15) is 6.61 Å². The van der Waals surface area contributed by atoms with Crippen LogP contribution in [0.5, 0.6) is 0 Å². The van der Waals surface area contributed by atoms with Crippen molar-refractivity contribution >= 4 is 11.9 Å². The van der Waals surface area contributed by atoms with Crippen molar-refractivity contribution in [2.75, 3.05) is 19.8 Å². The SMILES string of the molecule is CC/C=C\C/C=C\C/C=C\C/C=C\C/C=C\C/C=C\CCC(=O)O[C@H](COCCCCCCCCCCCCCCCCCC)COC(=O)CCCCCCCCC/C=C\CCCCCCCC. The second-order valence-electron chi connectivity index (χ2n) is 19.2. The van der Waals surface area contributed by atoms with Crippen LogP contribution < -0.4 is 0 Å². The van der Waals surface area contributed by atoms with Crippen molar-refractivity contribution in [3.05, 3.63) is 85.1 Å². The second kappa shape index (κ2) is 58.4. The van der Waals surface area contributed by atoms with Crippen molar-refractivity contribution in [2.45, 2.75) is 284 Å². The third-order valence-corrected chi connectivity index (χ3v) is 12.4. The number of hydrogen-bond acceptors (Lipinski definition) is 5. The molecule has 0 N–H and O–H groups in total. The lowest BCUT2D eigenvalue weighted by atomic mass is 10.0. The van der Waals surface area contributed by atoms with E-state index in [0.717, 1.165) is 70.6 Å². The van der Waals surface area contributed by atoms with Gasteiger partial charge in [-0.05, 0) is 83.5 Å². The summed E-state index contributed by atoms with van der Waals surface area (Å²) in [5.74, 6) is -0.490. The molecule has 0 unspecified atom stereocenters. The quantitative estimate of drug-likeness (QED) is 0.0345. The summed E-state index contributed by atoms with van der Waals surface area (Å²) >= 11 is 0. The van der Waals surface area contributed by atoms with Gasteiger partial charge in [-0.2, -0.15) is 0 Å². The van der Waals surface area contributed by atoms with Crippen LogP contribution in [0.3, 0.4) is 0 Å². The van der Waals surface area contributed by atoms with E-state index >= 15 is 0 Å². The molecule has 1 atom stereocenters. The zero-order chi connectivity index (χ0) is 49.2. The Morgan fingerprint density at radius 2 is 0.691 bits per heavy atom. The van der Waals surface area contributed by atoms with Crippen LogP contribution in [0.25, 0.3) is 0 Å². The monoisotopic (exact) mass is 947 g/mol. The fourth-order valence-corrected chi connectivity index (χ4v) is 8.12. The average molecular weight is 948 g/mol. The minimum Gasteiger partial charge on any atom is -0.462 e. The van der Waals surface area contributed by atoms with Crippen LogP contribution in [0.2, 0.25) is 0 Å². The van der Waals surface area contributed by atoms with Gasteiger partial charge in [0.15, 0.2) is 6.10 Å². The molecule has 0 radical (unpaired) electrons. The Morgan fingerprint density at radius 1 is 0.338 bits per heavy atom. The highest BCUT2D eigenvalue weighted by Gasteiger charge is 2.17. The van der Waals surface area contributed by atoms with Gasteiger partial charge in [-0.1, -0.05) is 266 Å². The van der Waals surface area contributed by atoms with E-state index < -0.39 is 6.10 Å². The minimum atomic E-state index is -0.580. The molecule has 0 aliphatic rings. The summed E-state index contributed by atoms with van der Waals surface area (Å²) in [5.41, 5.74) is 0. The summed E-state index contributed by atoms with van der Waals surface area (Å²) in [4.78, 5) is 25.5. The summed E-state index contributed by atoms with van der Waals surface area (Å²) in [6, 6.07) is 0. The van der Waals surface area contributed by atoms with E-state index in [9.17, 15) is 9.59 Å². The summed E-state index contributed by atoms with van der Waals surface area (Å²) in [6.07, 6.45) is 77.6.